The first-order chi connectivity index (χ1) is 7.76. The molecule has 0 saturated heterocycles. The SMILES string of the molecule is OCCC1(CNCc2ccccc2F)CC1. The van der Waals surface area contributed by atoms with Gasteiger partial charge < -0.3 is 10.4 Å². The van der Waals surface area contributed by atoms with E-state index in [9.17, 15) is 4.39 Å². The van der Waals surface area contributed by atoms with E-state index in [1.165, 1.54) is 18.9 Å². The zero-order valence-electron chi connectivity index (χ0n) is 9.38. The molecule has 1 aliphatic rings. The number of benzene rings is 1. The monoisotopic (exact) mass is 223 g/mol. The van der Waals surface area contributed by atoms with Crippen LogP contribution in [0.4, 0.5) is 4.39 Å². The van der Waals surface area contributed by atoms with Gasteiger partial charge in [0.1, 0.15) is 5.82 Å². The van der Waals surface area contributed by atoms with Crippen LogP contribution in [0.1, 0.15) is 24.8 Å². The molecule has 3 heteroatoms. The van der Waals surface area contributed by atoms with Crippen LogP contribution in [-0.2, 0) is 6.54 Å². The summed E-state index contributed by atoms with van der Waals surface area (Å²) in [5.41, 5.74) is 1.00. The number of aliphatic hydroxyl groups excluding tert-OH is 1. The molecule has 16 heavy (non-hydrogen) atoms. The number of halogens is 1. The zero-order valence-corrected chi connectivity index (χ0v) is 9.38. The molecule has 0 amide bonds. The highest BCUT2D eigenvalue weighted by molar-refractivity contribution is 5.17. The lowest BCUT2D eigenvalue weighted by atomic mass is 10.0. The quantitative estimate of drug-likeness (QED) is 0.774. The first-order valence-electron chi connectivity index (χ1n) is 5.81. The Kier molecular flexibility index (Phi) is 3.56. The van der Waals surface area contributed by atoms with Gasteiger partial charge in [0.2, 0.25) is 0 Å². The van der Waals surface area contributed by atoms with E-state index >= 15 is 0 Å². The summed E-state index contributed by atoms with van der Waals surface area (Å²) in [6.45, 7) is 1.70. The van der Waals surface area contributed by atoms with E-state index in [1.807, 2.05) is 6.07 Å². The summed E-state index contributed by atoms with van der Waals surface area (Å²) < 4.78 is 13.3. The van der Waals surface area contributed by atoms with Crippen LogP contribution in [0.2, 0.25) is 0 Å². The smallest absolute Gasteiger partial charge is 0.127 e. The second-order valence-electron chi connectivity index (χ2n) is 4.67. The van der Waals surface area contributed by atoms with Crippen molar-refractivity contribution in [2.24, 2.45) is 5.41 Å². The third kappa shape index (κ3) is 2.80. The summed E-state index contributed by atoms with van der Waals surface area (Å²) in [5, 5.41) is 12.2. The fourth-order valence-electron chi connectivity index (χ4n) is 2.03. The van der Waals surface area contributed by atoms with E-state index in [2.05, 4.69) is 5.32 Å². The van der Waals surface area contributed by atoms with Gasteiger partial charge in [-0.3, -0.25) is 0 Å². The van der Waals surface area contributed by atoms with Gasteiger partial charge in [0, 0.05) is 25.3 Å². The van der Waals surface area contributed by atoms with E-state index < -0.39 is 0 Å². The van der Waals surface area contributed by atoms with Crippen molar-refractivity contribution in [1.29, 1.82) is 0 Å². The Morgan fingerprint density at radius 3 is 2.69 bits per heavy atom. The molecule has 0 aromatic heterocycles. The van der Waals surface area contributed by atoms with Gasteiger partial charge in [-0.25, -0.2) is 4.39 Å². The van der Waals surface area contributed by atoms with Crippen molar-refractivity contribution < 1.29 is 9.50 Å². The first kappa shape index (κ1) is 11.6. The molecule has 0 atom stereocenters. The fourth-order valence-corrected chi connectivity index (χ4v) is 2.03. The average Bonchev–Trinajstić information content (AvgIpc) is 3.02. The van der Waals surface area contributed by atoms with Crippen LogP contribution in [0.25, 0.3) is 0 Å². The van der Waals surface area contributed by atoms with Crippen molar-refractivity contribution >= 4 is 0 Å². The Morgan fingerprint density at radius 1 is 1.31 bits per heavy atom. The lowest BCUT2D eigenvalue weighted by Crippen LogP contribution is -2.24. The molecule has 1 aromatic rings. The lowest BCUT2D eigenvalue weighted by molar-refractivity contribution is 0.245. The molecule has 2 nitrogen and oxygen atoms in total. The van der Waals surface area contributed by atoms with E-state index in [4.69, 9.17) is 5.11 Å². The zero-order chi connectivity index (χ0) is 11.4. The van der Waals surface area contributed by atoms with E-state index in [1.54, 1.807) is 12.1 Å². The van der Waals surface area contributed by atoms with Crippen LogP contribution in [0.3, 0.4) is 0 Å². The highest BCUT2D eigenvalue weighted by atomic mass is 19.1. The number of aliphatic hydroxyl groups is 1. The Labute approximate surface area is 95.5 Å². The van der Waals surface area contributed by atoms with Crippen molar-refractivity contribution in [1.82, 2.24) is 5.32 Å². The summed E-state index contributed by atoms with van der Waals surface area (Å²) in [6, 6.07) is 6.83. The van der Waals surface area contributed by atoms with Gasteiger partial charge in [-0.15, -0.1) is 0 Å². The molecule has 1 aromatic carbocycles. The second kappa shape index (κ2) is 4.93. The Balaban J connectivity index is 1.78. The molecule has 0 unspecified atom stereocenters. The predicted molar refractivity (Wildman–Crippen MR) is 61.5 cm³/mol. The van der Waals surface area contributed by atoms with Crippen molar-refractivity contribution in [3.8, 4) is 0 Å². The molecule has 2 N–H and O–H groups in total. The molecule has 0 heterocycles. The highest BCUT2D eigenvalue weighted by Gasteiger charge is 2.41. The molecular formula is C13H18FNO. The Hall–Kier alpha value is -0.930. The van der Waals surface area contributed by atoms with Crippen molar-refractivity contribution in [2.45, 2.75) is 25.8 Å². The van der Waals surface area contributed by atoms with Crippen molar-refractivity contribution in [3.63, 3.8) is 0 Å². The van der Waals surface area contributed by atoms with Crippen molar-refractivity contribution in [2.75, 3.05) is 13.2 Å². The van der Waals surface area contributed by atoms with Crippen LogP contribution < -0.4 is 5.32 Å². The lowest BCUT2D eigenvalue weighted by Gasteiger charge is -2.14. The molecular weight excluding hydrogens is 205 g/mol. The van der Waals surface area contributed by atoms with Gasteiger partial charge in [0.05, 0.1) is 0 Å². The molecule has 0 radical (unpaired) electrons. The maximum atomic E-state index is 13.3. The van der Waals surface area contributed by atoms with Crippen LogP contribution >= 0.6 is 0 Å². The minimum Gasteiger partial charge on any atom is -0.396 e. The predicted octanol–water partition coefficient (Wildman–Crippen LogP) is 2.08. The van der Waals surface area contributed by atoms with E-state index in [-0.39, 0.29) is 12.4 Å². The summed E-state index contributed by atoms with van der Waals surface area (Å²) in [7, 11) is 0. The first-order valence-corrected chi connectivity index (χ1v) is 5.81. The second-order valence-corrected chi connectivity index (χ2v) is 4.67. The van der Waals surface area contributed by atoms with E-state index in [0.717, 1.165) is 13.0 Å². The number of hydrogen-bond acceptors (Lipinski definition) is 2. The standard InChI is InChI=1S/C13H18FNO/c14-12-4-2-1-3-11(12)9-15-10-13(5-6-13)7-8-16/h1-4,15-16H,5-10H2. The molecule has 88 valence electrons. The summed E-state index contributed by atoms with van der Waals surface area (Å²) >= 11 is 0. The number of rotatable bonds is 6. The molecule has 0 bridgehead atoms. The number of nitrogens with one attached hydrogen (secondary N) is 1. The van der Waals surface area contributed by atoms with Gasteiger partial charge in [0.25, 0.3) is 0 Å². The van der Waals surface area contributed by atoms with E-state index in [0.29, 0.717) is 17.5 Å². The Morgan fingerprint density at radius 2 is 2.06 bits per heavy atom. The largest absolute Gasteiger partial charge is 0.396 e. The average molecular weight is 223 g/mol. The van der Waals surface area contributed by atoms with Crippen LogP contribution in [0.5, 0.6) is 0 Å². The molecule has 0 aliphatic heterocycles. The third-order valence-corrected chi connectivity index (χ3v) is 3.37. The maximum Gasteiger partial charge on any atom is 0.127 e. The normalized spacial score (nSPS) is 17.4. The minimum atomic E-state index is -0.151. The molecule has 1 fully saturated rings. The van der Waals surface area contributed by atoms with Crippen LogP contribution in [0, 0.1) is 11.2 Å². The highest BCUT2D eigenvalue weighted by Crippen LogP contribution is 2.47. The van der Waals surface area contributed by atoms with Gasteiger partial charge >= 0.3 is 0 Å². The summed E-state index contributed by atoms with van der Waals surface area (Å²) in [5.74, 6) is -0.151. The maximum absolute atomic E-state index is 13.3. The van der Waals surface area contributed by atoms with Crippen LogP contribution in [-0.4, -0.2) is 18.3 Å². The molecule has 1 aliphatic carbocycles. The van der Waals surface area contributed by atoms with Gasteiger partial charge in [0.15, 0.2) is 0 Å². The molecule has 1 saturated carbocycles. The molecule has 2 rings (SSSR count). The van der Waals surface area contributed by atoms with Gasteiger partial charge in [-0.2, -0.15) is 0 Å². The van der Waals surface area contributed by atoms with Gasteiger partial charge in [-0.05, 0) is 30.7 Å². The Bertz CT molecular complexity index is 350. The number of hydrogen-bond donors (Lipinski definition) is 2. The third-order valence-electron chi connectivity index (χ3n) is 3.37. The minimum absolute atomic E-state index is 0.151. The summed E-state index contributed by atoms with van der Waals surface area (Å²) in [4.78, 5) is 0. The van der Waals surface area contributed by atoms with Gasteiger partial charge in [-0.1, -0.05) is 18.2 Å². The topological polar surface area (TPSA) is 32.3 Å². The van der Waals surface area contributed by atoms with Crippen LogP contribution in [0.15, 0.2) is 24.3 Å². The fraction of sp³-hybridized carbons (Fsp3) is 0.538. The molecule has 0 spiro atoms. The summed E-state index contributed by atoms with van der Waals surface area (Å²) in [6.07, 6.45) is 3.22. The van der Waals surface area contributed by atoms with Crippen molar-refractivity contribution in [3.05, 3.63) is 35.6 Å².